The SMILES string of the molecule is CC(C)C(=O)N1CCc2ccc(C(N)=O)cc21. The molecule has 0 saturated heterocycles. The van der Waals surface area contributed by atoms with E-state index < -0.39 is 5.91 Å². The van der Waals surface area contributed by atoms with Crippen LogP contribution in [0.5, 0.6) is 0 Å². The van der Waals surface area contributed by atoms with Gasteiger partial charge in [-0.1, -0.05) is 19.9 Å². The van der Waals surface area contributed by atoms with Crippen LogP contribution in [0.3, 0.4) is 0 Å². The van der Waals surface area contributed by atoms with E-state index in [4.69, 9.17) is 5.73 Å². The Morgan fingerprint density at radius 2 is 2.06 bits per heavy atom. The Kier molecular flexibility index (Phi) is 2.88. The molecule has 2 N–H and O–H groups in total. The van der Waals surface area contributed by atoms with Gasteiger partial charge in [-0.3, -0.25) is 9.59 Å². The molecule has 2 rings (SSSR count). The van der Waals surface area contributed by atoms with Crippen LogP contribution in [-0.4, -0.2) is 18.4 Å². The molecule has 0 bridgehead atoms. The molecule has 0 atom stereocenters. The summed E-state index contributed by atoms with van der Waals surface area (Å²) in [5.74, 6) is -0.416. The number of fused-ring (bicyclic) bond motifs is 1. The van der Waals surface area contributed by atoms with Gasteiger partial charge in [0.1, 0.15) is 0 Å². The average Bonchev–Trinajstić information content (AvgIpc) is 2.70. The van der Waals surface area contributed by atoms with Gasteiger partial charge in [0.25, 0.3) is 0 Å². The van der Waals surface area contributed by atoms with E-state index in [2.05, 4.69) is 0 Å². The minimum Gasteiger partial charge on any atom is -0.366 e. The predicted octanol–water partition coefficient (Wildman–Crippen LogP) is 1.33. The fraction of sp³-hybridized carbons (Fsp3) is 0.385. The molecule has 1 heterocycles. The molecule has 0 fully saturated rings. The highest BCUT2D eigenvalue weighted by atomic mass is 16.2. The predicted molar refractivity (Wildman–Crippen MR) is 65.9 cm³/mol. The lowest BCUT2D eigenvalue weighted by atomic mass is 10.1. The normalized spacial score (nSPS) is 13.9. The molecular weight excluding hydrogens is 216 g/mol. The Bertz CT molecular complexity index is 480. The lowest BCUT2D eigenvalue weighted by molar-refractivity contribution is -0.121. The van der Waals surface area contributed by atoms with Gasteiger partial charge in [-0.15, -0.1) is 0 Å². The third kappa shape index (κ3) is 2.02. The summed E-state index contributed by atoms with van der Waals surface area (Å²) in [6, 6.07) is 5.30. The quantitative estimate of drug-likeness (QED) is 0.836. The first kappa shape index (κ1) is 11.6. The first-order valence-corrected chi connectivity index (χ1v) is 5.75. The summed E-state index contributed by atoms with van der Waals surface area (Å²) < 4.78 is 0. The Morgan fingerprint density at radius 3 is 2.65 bits per heavy atom. The number of carbonyl (C=O) groups is 2. The third-order valence-electron chi connectivity index (χ3n) is 3.03. The van der Waals surface area contributed by atoms with Gasteiger partial charge in [-0.05, 0) is 24.1 Å². The van der Waals surface area contributed by atoms with Crippen molar-refractivity contribution in [1.82, 2.24) is 0 Å². The van der Waals surface area contributed by atoms with Crippen molar-refractivity contribution in [3.05, 3.63) is 29.3 Å². The summed E-state index contributed by atoms with van der Waals surface area (Å²) >= 11 is 0. The first-order valence-electron chi connectivity index (χ1n) is 5.75. The second-order valence-electron chi connectivity index (χ2n) is 4.60. The zero-order valence-electron chi connectivity index (χ0n) is 10.1. The molecule has 90 valence electrons. The maximum Gasteiger partial charge on any atom is 0.248 e. The molecule has 0 aromatic heterocycles. The highest BCUT2D eigenvalue weighted by Gasteiger charge is 2.26. The van der Waals surface area contributed by atoms with E-state index in [0.29, 0.717) is 12.1 Å². The lowest BCUT2D eigenvalue weighted by Gasteiger charge is -2.19. The molecule has 1 aliphatic rings. The largest absolute Gasteiger partial charge is 0.366 e. The molecule has 17 heavy (non-hydrogen) atoms. The number of primary amides is 1. The fourth-order valence-corrected chi connectivity index (χ4v) is 2.07. The number of amides is 2. The smallest absolute Gasteiger partial charge is 0.248 e. The van der Waals surface area contributed by atoms with Crippen molar-refractivity contribution >= 4 is 17.5 Å². The van der Waals surface area contributed by atoms with Crippen LogP contribution in [0.15, 0.2) is 18.2 Å². The van der Waals surface area contributed by atoms with Crippen LogP contribution >= 0.6 is 0 Å². The van der Waals surface area contributed by atoms with Crippen molar-refractivity contribution in [2.75, 3.05) is 11.4 Å². The molecule has 0 aliphatic carbocycles. The highest BCUT2D eigenvalue weighted by molar-refractivity contribution is 5.99. The van der Waals surface area contributed by atoms with Crippen molar-refractivity contribution < 1.29 is 9.59 Å². The van der Waals surface area contributed by atoms with Gasteiger partial charge in [0.2, 0.25) is 11.8 Å². The summed E-state index contributed by atoms with van der Waals surface area (Å²) in [5, 5.41) is 0. The van der Waals surface area contributed by atoms with E-state index in [1.807, 2.05) is 19.9 Å². The molecule has 4 heteroatoms. The topological polar surface area (TPSA) is 63.4 Å². The molecule has 0 radical (unpaired) electrons. The van der Waals surface area contributed by atoms with E-state index in [-0.39, 0.29) is 11.8 Å². The van der Waals surface area contributed by atoms with Gasteiger partial charge >= 0.3 is 0 Å². The molecule has 1 aromatic carbocycles. The number of nitrogens with zero attached hydrogens (tertiary/aromatic N) is 1. The number of anilines is 1. The minimum absolute atomic E-state index is 0.0433. The Balaban J connectivity index is 2.39. The summed E-state index contributed by atoms with van der Waals surface area (Å²) in [6.45, 7) is 4.44. The van der Waals surface area contributed by atoms with Crippen LogP contribution in [0.4, 0.5) is 5.69 Å². The summed E-state index contributed by atoms with van der Waals surface area (Å²) in [4.78, 5) is 24.9. The lowest BCUT2D eigenvalue weighted by Crippen LogP contribution is -2.32. The fourth-order valence-electron chi connectivity index (χ4n) is 2.07. The van der Waals surface area contributed by atoms with E-state index in [1.165, 1.54) is 0 Å². The Hall–Kier alpha value is -1.84. The van der Waals surface area contributed by atoms with Crippen molar-refractivity contribution in [2.24, 2.45) is 11.7 Å². The second kappa shape index (κ2) is 4.20. The molecule has 1 aromatic rings. The molecule has 0 saturated carbocycles. The van der Waals surface area contributed by atoms with Crippen molar-refractivity contribution in [3.63, 3.8) is 0 Å². The van der Waals surface area contributed by atoms with Gasteiger partial charge in [0.05, 0.1) is 0 Å². The molecule has 2 amide bonds. The van der Waals surface area contributed by atoms with Gasteiger partial charge in [-0.25, -0.2) is 0 Å². The van der Waals surface area contributed by atoms with Crippen molar-refractivity contribution in [2.45, 2.75) is 20.3 Å². The van der Waals surface area contributed by atoms with Gasteiger partial charge < -0.3 is 10.6 Å². The van der Waals surface area contributed by atoms with Gasteiger partial charge in [0, 0.05) is 23.7 Å². The Morgan fingerprint density at radius 1 is 1.35 bits per heavy atom. The maximum absolute atomic E-state index is 12.0. The number of carbonyl (C=O) groups excluding carboxylic acids is 2. The van der Waals surface area contributed by atoms with Crippen molar-refractivity contribution in [3.8, 4) is 0 Å². The summed E-state index contributed by atoms with van der Waals surface area (Å²) in [6.07, 6.45) is 0.840. The minimum atomic E-state index is -0.461. The summed E-state index contributed by atoms with van der Waals surface area (Å²) in [5.41, 5.74) is 7.63. The van der Waals surface area contributed by atoms with Crippen LogP contribution in [0.1, 0.15) is 29.8 Å². The van der Waals surface area contributed by atoms with E-state index in [9.17, 15) is 9.59 Å². The van der Waals surface area contributed by atoms with E-state index in [0.717, 1.165) is 17.7 Å². The first-order chi connectivity index (χ1) is 8.00. The molecule has 4 nitrogen and oxygen atoms in total. The number of rotatable bonds is 2. The number of nitrogens with two attached hydrogens (primary N) is 1. The van der Waals surface area contributed by atoms with Crippen molar-refractivity contribution in [1.29, 1.82) is 0 Å². The second-order valence-corrected chi connectivity index (χ2v) is 4.60. The highest BCUT2D eigenvalue weighted by Crippen LogP contribution is 2.30. The zero-order valence-corrected chi connectivity index (χ0v) is 10.1. The van der Waals surface area contributed by atoms with Crippen LogP contribution in [0.25, 0.3) is 0 Å². The monoisotopic (exact) mass is 232 g/mol. The number of hydrogen-bond donors (Lipinski definition) is 1. The Labute approximate surface area is 100 Å². The standard InChI is InChI=1S/C13H16N2O2/c1-8(2)13(17)15-6-5-9-3-4-10(12(14)16)7-11(9)15/h3-4,7-8H,5-6H2,1-2H3,(H2,14,16). The van der Waals surface area contributed by atoms with Gasteiger partial charge in [0.15, 0.2) is 0 Å². The third-order valence-corrected chi connectivity index (χ3v) is 3.03. The number of hydrogen-bond acceptors (Lipinski definition) is 2. The van der Waals surface area contributed by atoms with Crippen LogP contribution in [0, 0.1) is 5.92 Å². The van der Waals surface area contributed by atoms with E-state index in [1.54, 1.807) is 17.0 Å². The molecule has 0 unspecified atom stereocenters. The number of benzene rings is 1. The molecule has 0 spiro atoms. The zero-order chi connectivity index (χ0) is 12.6. The van der Waals surface area contributed by atoms with Gasteiger partial charge in [-0.2, -0.15) is 0 Å². The molecule has 1 aliphatic heterocycles. The maximum atomic E-state index is 12.0. The van der Waals surface area contributed by atoms with Crippen LogP contribution in [0.2, 0.25) is 0 Å². The van der Waals surface area contributed by atoms with E-state index >= 15 is 0 Å². The molecular formula is C13H16N2O2. The average molecular weight is 232 g/mol. The summed E-state index contributed by atoms with van der Waals surface area (Å²) in [7, 11) is 0. The van der Waals surface area contributed by atoms with Crippen LogP contribution < -0.4 is 10.6 Å². The van der Waals surface area contributed by atoms with Crippen LogP contribution in [-0.2, 0) is 11.2 Å².